The van der Waals surface area contributed by atoms with Gasteiger partial charge in [0.05, 0.1) is 5.97 Å². The lowest BCUT2D eigenvalue weighted by Gasteiger charge is -2.11. The number of hydrogen-bond donors (Lipinski definition) is 0. The van der Waals surface area contributed by atoms with Crippen LogP contribution in [0, 0.1) is 5.82 Å². The van der Waals surface area contributed by atoms with Gasteiger partial charge in [-0.3, -0.25) is 0 Å². The van der Waals surface area contributed by atoms with Crippen molar-refractivity contribution in [3.8, 4) is 5.75 Å². The third-order valence-electron chi connectivity index (χ3n) is 3.66. The zero-order chi connectivity index (χ0) is 19.9. The maximum absolute atomic E-state index is 13.0. The van der Waals surface area contributed by atoms with E-state index in [1.165, 1.54) is 18.2 Å². The van der Waals surface area contributed by atoms with E-state index in [1.807, 2.05) is 6.92 Å². The van der Waals surface area contributed by atoms with E-state index in [4.69, 9.17) is 9.15 Å². The number of carboxylic acids is 1. The van der Waals surface area contributed by atoms with Gasteiger partial charge in [0.2, 0.25) is 5.89 Å². The van der Waals surface area contributed by atoms with E-state index in [9.17, 15) is 14.3 Å². The Morgan fingerprint density at radius 1 is 1.21 bits per heavy atom. The van der Waals surface area contributed by atoms with Gasteiger partial charge in [0.1, 0.15) is 18.2 Å². The van der Waals surface area contributed by atoms with Gasteiger partial charge in [0.15, 0.2) is 0 Å². The molecule has 0 fully saturated rings. The minimum absolute atomic E-state index is 0.0934. The lowest BCUT2D eigenvalue weighted by molar-refractivity contribution is -0.298. The van der Waals surface area contributed by atoms with Crippen LogP contribution in [0.1, 0.15) is 23.9 Å². The van der Waals surface area contributed by atoms with Crippen molar-refractivity contribution in [1.82, 2.24) is 10.2 Å². The molecule has 1 heterocycles. The van der Waals surface area contributed by atoms with Crippen molar-refractivity contribution in [2.75, 3.05) is 0 Å². The quantitative estimate of drug-likeness (QED) is 0.424. The van der Waals surface area contributed by atoms with Gasteiger partial charge < -0.3 is 19.1 Å². The number of para-hydroxylation sites is 1. The molecule has 0 aliphatic heterocycles. The van der Waals surface area contributed by atoms with Crippen molar-refractivity contribution in [2.45, 2.75) is 25.2 Å². The Bertz CT molecular complexity index is 986. The van der Waals surface area contributed by atoms with E-state index in [0.29, 0.717) is 23.6 Å². The Balaban J connectivity index is 1.80. The second-order valence-electron chi connectivity index (χ2n) is 5.67. The Morgan fingerprint density at radius 2 is 1.96 bits per heavy atom. The molecule has 6 nitrogen and oxygen atoms in total. The molecular weight excluding hydrogens is 383 g/mol. The van der Waals surface area contributed by atoms with Crippen LogP contribution in [0.4, 0.5) is 4.39 Å². The summed E-state index contributed by atoms with van der Waals surface area (Å²) in [6.07, 6.45) is 1.98. The first kappa shape index (κ1) is 19.6. The maximum Gasteiger partial charge on any atom is 0.281 e. The average molecular weight is 399 g/mol. The lowest BCUT2D eigenvalue weighted by atomic mass is 10.2. The van der Waals surface area contributed by atoms with Crippen molar-refractivity contribution in [3.63, 3.8) is 0 Å². The molecule has 28 heavy (non-hydrogen) atoms. The molecule has 3 aromatic rings. The summed E-state index contributed by atoms with van der Waals surface area (Å²) in [5.41, 5.74) is 1.33. The zero-order valence-corrected chi connectivity index (χ0v) is 15.7. The van der Waals surface area contributed by atoms with Crippen LogP contribution < -0.4 is 9.84 Å². The van der Waals surface area contributed by atoms with E-state index in [2.05, 4.69) is 10.2 Å². The van der Waals surface area contributed by atoms with Gasteiger partial charge in [-0.2, -0.15) is 0 Å². The van der Waals surface area contributed by atoms with Gasteiger partial charge in [-0.1, -0.05) is 37.3 Å². The molecule has 3 rings (SSSR count). The second kappa shape index (κ2) is 9.18. The Kier molecular flexibility index (Phi) is 6.44. The molecule has 144 valence electrons. The van der Waals surface area contributed by atoms with Crippen LogP contribution in [0.25, 0.3) is 6.08 Å². The normalized spacial score (nSPS) is 11.4. The molecule has 0 spiro atoms. The SMILES string of the molecule is CCc1nnc(S/C(=C\c2ccccc2OCc2ccc(F)cc2)C(=O)[O-])o1. The molecule has 0 amide bonds. The van der Waals surface area contributed by atoms with Gasteiger partial charge >= 0.3 is 0 Å². The molecule has 0 saturated heterocycles. The van der Waals surface area contributed by atoms with E-state index in [0.717, 1.165) is 17.3 Å². The number of aliphatic carboxylic acids is 1. The van der Waals surface area contributed by atoms with Crippen LogP contribution in [0.5, 0.6) is 5.75 Å². The highest BCUT2D eigenvalue weighted by molar-refractivity contribution is 8.03. The van der Waals surface area contributed by atoms with Crippen LogP contribution in [-0.4, -0.2) is 16.2 Å². The number of halogens is 1. The van der Waals surface area contributed by atoms with Crippen LogP contribution in [0.3, 0.4) is 0 Å². The number of hydrogen-bond acceptors (Lipinski definition) is 7. The van der Waals surface area contributed by atoms with Crippen molar-refractivity contribution in [2.24, 2.45) is 0 Å². The largest absolute Gasteiger partial charge is 0.544 e. The number of thioether (sulfide) groups is 1. The number of carboxylic acid groups (broad SMARTS) is 1. The van der Waals surface area contributed by atoms with Crippen LogP contribution in [-0.2, 0) is 17.8 Å². The molecule has 8 heteroatoms. The summed E-state index contributed by atoms with van der Waals surface area (Å²) in [5.74, 6) is -0.793. The number of ether oxygens (including phenoxy) is 1. The monoisotopic (exact) mass is 399 g/mol. The standard InChI is InChI=1S/C20H17FN2O4S/c1-2-18-22-23-20(27-18)28-17(19(24)25)11-14-5-3-4-6-16(14)26-12-13-7-9-15(21)10-8-13/h3-11H,2,12H2,1H3,(H,24,25)/p-1/b17-11-. The molecule has 2 aromatic carbocycles. The molecule has 0 aliphatic carbocycles. The fourth-order valence-electron chi connectivity index (χ4n) is 2.26. The first-order chi connectivity index (χ1) is 13.5. The lowest BCUT2D eigenvalue weighted by Crippen LogP contribution is -2.23. The number of aromatic nitrogens is 2. The summed E-state index contributed by atoms with van der Waals surface area (Å²) in [5, 5.41) is 19.3. The van der Waals surface area contributed by atoms with Crippen molar-refractivity contribution in [3.05, 3.63) is 76.3 Å². The minimum atomic E-state index is -1.37. The highest BCUT2D eigenvalue weighted by atomic mass is 32.2. The molecule has 0 N–H and O–H groups in total. The smallest absolute Gasteiger partial charge is 0.281 e. The Labute approximate surface area is 165 Å². The molecule has 1 aromatic heterocycles. The Hall–Kier alpha value is -3.13. The summed E-state index contributed by atoms with van der Waals surface area (Å²) >= 11 is 0.814. The number of carbonyl (C=O) groups excluding carboxylic acids is 1. The van der Waals surface area contributed by atoms with Gasteiger partial charge in [-0.15, -0.1) is 10.2 Å². The molecule has 0 saturated carbocycles. The molecule has 0 bridgehead atoms. The van der Waals surface area contributed by atoms with Crippen LogP contribution in [0.2, 0.25) is 0 Å². The van der Waals surface area contributed by atoms with Gasteiger partial charge in [0, 0.05) is 16.9 Å². The topological polar surface area (TPSA) is 88.3 Å². The molecule has 0 radical (unpaired) electrons. The number of nitrogens with zero attached hydrogens (tertiary/aromatic N) is 2. The zero-order valence-electron chi connectivity index (χ0n) is 14.9. The first-order valence-corrected chi connectivity index (χ1v) is 9.26. The molecule has 0 unspecified atom stereocenters. The van der Waals surface area contributed by atoms with Crippen LogP contribution in [0.15, 0.2) is 63.1 Å². The predicted molar refractivity (Wildman–Crippen MR) is 99.7 cm³/mol. The van der Waals surface area contributed by atoms with Gasteiger partial charge in [-0.05, 0) is 41.6 Å². The van der Waals surface area contributed by atoms with Crippen molar-refractivity contribution in [1.29, 1.82) is 0 Å². The predicted octanol–water partition coefficient (Wildman–Crippen LogP) is 3.23. The van der Waals surface area contributed by atoms with E-state index < -0.39 is 5.97 Å². The maximum atomic E-state index is 13.0. The summed E-state index contributed by atoms with van der Waals surface area (Å²) < 4.78 is 24.1. The summed E-state index contributed by atoms with van der Waals surface area (Å²) in [6.45, 7) is 2.06. The first-order valence-electron chi connectivity index (χ1n) is 8.44. The highest BCUT2D eigenvalue weighted by Gasteiger charge is 2.11. The van der Waals surface area contributed by atoms with E-state index in [1.54, 1.807) is 36.4 Å². The van der Waals surface area contributed by atoms with Crippen molar-refractivity contribution >= 4 is 23.8 Å². The fourth-order valence-corrected chi connectivity index (χ4v) is 2.94. The fraction of sp³-hybridized carbons (Fsp3) is 0.150. The van der Waals surface area contributed by atoms with Gasteiger partial charge in [0.25, 0.3) is 5.22 Å². The summed E-state index contributed by atoms with van der Waals surface area (Å²) in [4.78, 5) is 11.4. The van der Waals surface area contributed by atoms with E-state index >= 15 is 0 Å². The third kappa shape index (κ3) is 5.20. The Morgan fingerprint density at radius 3 is 2.64 bits per heavy atom. The molecule has 0 aliphatic rings. The average Bonchev–Trinajstić information content (AvgIpc) is 3.15. The highest BCUT2D eigenvalue weighted by Crippen LogP contribution is 2.30. The number of carbonyl (C=O) groups is 1. The number of aryl methyl sites for hydroxylation is 1. The third-order valence-corrected chi connectivity index (χ3v) is 4.51. The van der Waals surface area contributed by atoms with Crippen molar-refractivity contribution < 1.29 is 23.4 Å². The number of rotatable bonds is 8. The molecular formula is C20H16FN2O4S-. The minimum Gasteiger partial charge on any atom is -0.544 e. The second-order valence-corrected chi connectivity index (χ2v) is 6.66. The van der Waals surface area contributed by atoms with E-state index in [-0.39, 0.29) is 22.6 Å². The van der Waals surface area contributed by atoms with Gasteiger partial charge in [-0.25, -0.2) is 4.39 Å². The summed E-state index contributed by atoms with van der Waals surface area (Å²) in [7, 11) is 0. The molecule has 0 atom stereocenters. The number of benzene rings is 2. The van der Waals surface area contributed by atoms with Crippen LogP contribution >= 0.6 is 11.8 Å². The summed E-state index contributed by atoms with van der Waals surface area (Å²) in [6, 6.07) is 12.9.